The standard InChI is InChI=1S/C21H15.3ClH.Ti/c1-3-8-16(9-4-1)18-14-15-19(17-10-5-2-6-11-17)21-13-7-12-20(18)21;;;;/h1-15H;3*1H;/q-1;;;;+4/p-3. The molecule has 4 aromatic carbocycles. The van der Waals surface area contributed by atoms with E-state index in [1.807, 2.05) is 0 Å². The first kappa shape index (κ1) is 23.9. The van der Waals surface area contributed by atoms with E-state index in [1.165, 1.54) is 33.0 Å². The van der Waals surface area contributed by atoms with Gasteiger partial charge in [-0.25, -0.2) is 0 Å². The monoisotopic (exact) mass is 420 g/mol. The van der Waals surface area contributed by atoms with Crippen molar-refractivity contribution in [3.63, 3.8) is 0 Å². The summed E-state index contributed by atoms with van der Waals surface area (Å²) >= 11 is 0. The van der Waals surface area contributed by atoms with Crippen molar-refractivity contribution in [2.45, 2.75) is 0 Å². The minimum atomic E-state index is 0. The Morgan fingerprint density at radius 2 is 1.00 bits per heavy atom. The molecule has 0 N–H and O–H groups in total. The van der Waals surface area contributed by atoms with Crippen LogP contribution in [0.4, 0.5) is 0 Å². The molecule has 4 rings (SSSR count). The van der Waals surface area contributed by atoms with Gasteiger partial charge in [-0.3, -0.25) is 0 Å². The number of rotatable bonds is 2. The first-order valence-corrected chi connectivity index (χ1v) is 7.23. The summed E-state index contributed by atoms with van der Waals surface area (Å²) in [6.07, 6.45) is 0. The predicted octanol–water partition coefficient (Wildman–Crippen LogP) is -3.10. The van der Waals surface area contributed by atoms with E-state index in [0.717, 1.165) is 0 Å². The molecule has 124 valence electrons. The maximum Gasteiger partial charge on any atom is 4.00 e. The van der Waals surface area contributed by atoms with Crippen molar-refractivity contribution < 1.29 is 58.9 Å². The number of fused-ring (bicyclic) bond motifs is 1. The van der Waals surface area contributed by atoms with Gasteiger partial charge >= 0.3 is 21.7 Å². The Balaban J connectivity index is 0.00000144. The molecule has 0 bridgehead atoms. The van der Waals surface area contributed by atoms with Crippen LogP contribution in [0.15, 0.2) is 91.0 Å². The maximum absolute atomic E-state index is 2.24. The topological polar surface area (TPSA) is 0 Å². The Morgan fingerprint density at radius 3 is 1.56 bits per heavy atom. The van der Waals surface area contributed by atoms with Gasteiger partial charge in [0.2, 0.25) is 0 Å². The summed E-state index contributed by atoms with van der Waals surface area (Å²) < 4.78 is 0. The number of halogens is 3. The smallest absolute Gasteiger partial charge is 1.00 e. The minimum absolute atomic E-state index is 0. The number of benzene rings is 3. The van der Waals surface area contributed by atoms with E-state index in [4.69, 9.17) is 0 Å². The molecule has 0 aliphatic heterocycles. The van der Waals surface area contributed by atoms with Gasteiger partial charge in [0.15, 0.2) is 0 Å². The molecule has 4 aromatic rings. The van der Waals surface area contributed by atoms with E-state index in [2.05, 4.69) is 91.0 Å². The molecule has 0 aromatic heterocycles. The van der Waals surface area contributed by atoms with E-state index in [9.17, 15) is 0 Å². The Kier molecular flexibility index (Phi) is 10.3. The Labute approximate surface area is 182 Å². The van der Waals surface area contributed by atoms with Crippen LogP contribution >= 0.6 is 0 Å². The minimum Gasteiger partial charge on any atom is -1.00 e. The summed E-state index contributed by atoms with van der Waals surface area (Å²) in [4.78, 5) is 0. The fraction of sp³-hybridized carbons (Fsp3) is 0. The molecule has 0 nitrogen and oxygen atoms in total. The SMILES string of the molecule is [Cl-].[Cl-].[Cl-].[Ti+4].c1ccc(-c2ccc(-c3ccccc3)c3[cH-]ccc23)cc1. The molecule has 0 atom stereocenters. The van der Waals surface area contributed by atoms with Gasteiger partial charge in [-0.1, -0.05) is 89.5 Å². The van der Waals surface area contributed by atoms with Crippen LogP contribution in [0.2, 0.25) is 0 Å². The fourth-order valence-electron chi connectivity index (χ4n) is 2.97. The van der Waals surface area contributed by atoms with Crippen LogP contribution in [-0.4, -0.2) is 0 Å². The first-order chi connectivity index (χ1) is 10.4. The van der Waals surface area contributed by atoms with Crippen molar-refractivity contribution >= 4 is 10.8 Å². The van der Waals surface area contributed by atoms with Gasteiger partial charge in [0.25, 0.3) is 0 Å². The van der Waals surface area contributed by atoms with Crippen LogP contribution in [0.3, 0.4) is 0 Å². The van der Waals surface area contributed by atoms with Crippen LogP contribution in [0.5, 0.6) is 0 Å². The van der Waals surface area contributed by atoms with Crippen molar-refractivity contribution in [1.82, 2.24) is 0 Å². The molecule has 0 amide bonds. The Bertz CT molecular complexity index is 813. The van der Waals surface area contributed by atoms with Crippen molar-refractivity contribution in [3.05, 3.63) is 91.0 Å². The summed E-state index contributed by atoms with van der Waals surface area (Å²) in [6, 6.07) is 32.2. The summed E-state index contributed by atoms with van der Waals surface area (Å²) in [6.45, 7) is 0. The van der Waals surface area contributed by atoms with E-state index in [0.29, 0.717) is 0 Å². The predicted molar refractivity (Wildman–Crippen MR) is 90.4 cm³/mol. The molecule has 25 heavy (non-hydrogen) atoms. The molecular formula is C21H15Cl3Ti. The van der Waals surface area contributed by atoms with Gasteiger partial charge in [0.05, 0.1) is 0 Å². The number of hydrogen-bond donors (Lipinski definition) is 0. The first-order valence-electron chi connectivity index (χ1n) is 7.23. The van der Waals surface area contributed by atoms with Crippen molar-refractivity contribution in [2.75, 3.05) is 0 Å². The zero-order chi connectivity index (χ0) is 14.1. The third-order valence-electron chi connectivity index (χ3n) is 3.98. The van der Waals surface area contributed by atoms with E-state index in [-0.39, 0.29) is 58.9 Å². The second kappa shape index (κ2) is 10.8. The van der Waals surface area contributed by atoms with Gasteiger partial charge in [0, 0.05) is 0 Å². The molecule has 0 aliphatic rings. The van der Waals surface area contributed by atoms with E-state index >= 15 is 0 Å². The second-order valence-corrected chi connectivity index (χ2v) is 5.25. The molecule has 0 heterocycles. The molecule has 0 aliphatic carbocycles. The van der Waals surface area contributed by atoms with Crippen molar-refractivity contribution in [2.24, 2.45) is 0 Å². The summed E-state index contributed by atoms with van der Waals surface area (Å²) in [5.74, 6) is 0. The third-order valence-corrected chi connectivity index (χ3v) is 3.98. The second-order valence-electron chi connectivity index (χ2n) is 5.25. The molecule has 0 saturated carbocycles. The van der Waals surface area contributed by atoms with Crippen molar-refractivity contribution in [3.8, 4) is 22.3 Å². The van der Waals surface area contributed by atoms with Crippen LogP contribution in [-0.2, 0) is 21.7 Å². The molecule has 0 saturated heterocycles. The van der Waals surface area contributed by atoms with E-state index < -0.39 is 0 Å². The van der Waals surface area contributed by atoms with Crippen LogP contribution in [0.1, 0.15) is 0 Å². The average Bonchev–Trinajstić information content (AvgIpc) is 3.05. The maximum atomic E-state index is 2.24. The third kappa shape index (κ3) is 4.73. The molecular weight excluding hydrogens is 406 g/mol. The van der Waals surface area contributed by atoms with Gasteiger partial charge < -0.3 is 37.2 Å². The van der Waals surface area contributed by atoms with Gasteiger partial charge in [-0.2, -0.15) is 12.1 Å². The zero-order valence-corrected chi connectivity index (χ0v) is 17.1. The molecule has 0 spiro atoms. The molecule has 0 radical (unpaired) electrons. The van der Waals surface area contributed by atoms with Crippen LogP contribution in [0.25, 0.3) is 33.0 Å². The van der Waals surface area contributed by atoms with E-state index in [1.54, 1.807) is 0 Å². The summed E-state index contributed by atoms with van der Waals surface area (Å²) in [5, 5.41) is 2.64. The normalized spacial score (nSPS) is 9.12. The quantitative estimate of drug-likeness (QED) is 0.238. The fourth-order valence-corrected chi connectivity index (χ4v) is 2.97. The average molecular weight is 422 g/mol. The summed E-state index contributed by atoms with van der Waals surface area (Å²) in [5.41, 5.74) is 5.15. The molecule has 0 fully saturated rings. The summed E-state index contributed by atoms with van der Waals surface area (Å²) in [7, 11) is 0. The zero-order valence-electron chi connectivity index (χ0n) is 13.3. The number of hydrogen-bond acceptors (Lipinski definition) is 0. The largest absolute Gasteiger partial charge is 4.00 e. The molecule has 4 heteroatoms. The Hall–Kier alpha value is -1.15. The molecule has 0 unspecified atom stereocenters. The van der Waals surface area contributed by atoms with Crippen molar-refractivity contribution in [1.29, 1.82) is 0 Å². The van der Waals surface area contributed by atoms with Gasteiger partial charge in [-0.05, 0) is 5.56 Å². The van der Waals surface area contributed by atoms with Crippen LogP contribution in [0, 0.1) is 0 Å². The van der Waals surface area contributed by atoms with Gasteiger partial charge in [0.1, 0.15) is 0 Å². The van der Waals surface area contributed by atoms with Crippen LogP contribution < -0.4 is 37.2 Å². The van der Waals surface area contributed by atoms with Gasteiger partial charge in [-0.15, -0.1) is 16.8 Å². The Morgan fingerprint density at radius 1 is 0.520 bits per heavy atom.